The van der Waals surface area contributed by atoms with Crippen molar-refractivity contribution in [3.05, 3.63) is 30.3 Å². The molecule has 0 fully saturated rings. The van der Waals surface area contributed by atoms with Gasteiger partial charge in [0.25, 0.3) is 0 Å². The third-order valence-corrected chi connectivity index (χ3v) is 6.33. The van der Waals surface area contributed by atoms with Crippen LogP contribution in [0.3, 0.4) is 0 Å². The van der Waals surface area contributed by atoms with Crippen molar-refractivity contribution in [2.45, 2.75) is 13.1 Å². The van der Waals surface area contributed by atoms with E-state index in [-0.39, 0.29) is 7.40 Å². The van der Waals surface area contributed by atoms with Crippen LogP contribution in [0.25, 0.3) is 0 Å². The Hall–Kier alpha value is -0.0436. The molecule has 0 heterocycles. The predicted molar refractivity (Wildman–Crippen MR) is 49.3 cm³/mol. The van der Waals surface area contributed by atoms with Crippen molar-refractivity contribution in [2.75, 3.05) is 0 Å². The van der Waals surface area contributed by atoms with E-state index in [2.05, 4.69) is 43.4 Å². The molecule has 0 unspecified atom stereocenters. The van der Waals surface area contributed by atoms with E-state index in [1.54, 1.807) is 4.46 Å². The summed E-state index contributed by atoms with van der Waals surface area (Å²) in [4.78, 5) is 0. The van der Waals surface area contributed by atoms with E-state index in [1.165, 1.54) is 0 Å². The molecule has 0 aliphatic carbocycles. The van der Waals surface area contributed by atoms with Crippen molar-refractivity contribution in [3.63, 3.8) is 0 Å². The Kier molecular flexibility index (Phi) is 3.20. The molecule has 0 saturated carbocycles. The fourth-order valence-electron chi connectivity index (χ4n) is 0.724. The van der Waals surface area contributed by atoms with Gasteiger partial charge in [0.2, 0.25) is 0 Å². The minimum atomic E-state index is -0.0245. The summed E-state index contributed by atoms with van der Waals surface area (Å²) in [5, 5.41) is 0. The van der Waals surface area contributed by atoms with Crippen LogP contribution < -0.4 is 4.46 Å². The third-order valence-electron chi connectivity index (χ3n) is 1.07. The molecule has 0 N–H and O–H groups in total. The molecule has 0 atom stereocenters. The standard InChI is InChI=1S/C8H11SeSi/c1-10(2)9-8-6-4-3-5-7-8/h3-7H,1-2H3. The van der Waals surface area contributed by atoms with Crippen LogP contribution >= 0.6 is 0 Å². The van der Waals surface area contributed by atoms with E-state index in [1.807, 2.05) is 0 Å². The predicted octanol–water partition coefficient (Wildman–Crippen LogP) is 1.27. The molecular formula is C8H11SeSi. The fourth-order valence-corrected chi connectivity index (χ4v) is 5.49. The molecule has 1 rings (SSSR count). The molecule has 0 bridgehead atoms. The molecule has 0 aliphatic heterocycles. The molecule has 1 radical (unpaired) electrons. The van der Waals surface area contributed by atoms with Crippen LogP contribution in [-0.4, -0.2) is 21.7 Å². The molecule has 2 heteroatoms. The Labute approximate surface area is 69.9 Å². The van der Waals surface area contributed by atoms with Crippen LogP contribution in [0.15, 0.2) is 30.3 Å². The van der Waals surface area contributed by atoms with Crippen LogP contribution in [0.5, 0.6) is 0 Å². The molecule has 0 saturated heterocycles. The second kappa shape index (κ2) is 3.97. The maximum atomic E-state index is 2.37. The molecule has 10 heavy (non-hydrogen) atoms. The molecule has 0 aromatic heterocycles. The second-order valence-corrected chi connectivity index (χ2v) is 11.8. The minimum absolute atomic E-state index is 0.0245. The monoisotopic (exact) mass is 215 g/mol. The molecule has 0 nitrogen and oxygen atoms in total. The Morgan fingerprint density at radius 3 is 2.20 bits per heavy atom. The SMILES string of the molecule is C[Si](C)[Se]c1ccccc1. The van der Waals surface area contributed by atoms with Gasteiger partial charge in [0.15, 0.2) is 0 Å². The summed E-state index contributed by atoms with van der Waals surface area (Å²) in [6.45, 7) is 4.75. The summed E-state index contributed by atoms with van der Waals surface area (Å²) in [5.74, 6) is 0. The van der Waals surface area contributed by atoms with Gasteiger partial charge in [-0.05, 0) is 0 Å². The van der Waals surface area contributed by atoms with Crippen molar-refractivity contribution in [2.24, 2.45) is 0 Å². The second-order valence-electron chi connectivity index (χ2n) is 2.32. The number of hydrogen-bond acceptors (Lipinski definition) is 0. The quantitative estimate of drug-likeness (QED) is 0.650. The van der Waals surface area contributed by atoms with E-state index in [0.29, 0.717) is 0 Å². The zero-order valence-electron chi connectivity index (χ0n) is 6.29. The zero-order chi connectivity index (χ0) is 7.40. The van der Waals surface area contributed by atoms with Crippen molar-refractivity contribution >= 4 is 26.2 Å². The molecule has 1 aromatic rings. The first-order valence-electron chi connectivity index (χ1n) is 3.32. The van der Waals surface area contributed by atoms with E-state index in [0.717, 1.165) is 14.3 Å². The Bertz CT molecular complexity index is 184. The summed E-state index contributed by atoms with van der Waals surface area (Å²) >= 11 is 0.770. The maximum absolute atomic E-state index is 2.37. The van der Waals surface area contributed by atoms with Crippen LogP contribution in [0, 0.1) is 0 Å². The molecule has 0 aliphatic rings. The van der Waals surface area contributed by atoms with Gasteiger partial charge in [-0.1, -0.05) is 0 Å². The topological polar surface area (TPSA) is 0 Å². The van der Waals surface area contributed by atoms with Gasteiger partial charge >= 0.3 is 69.6 Å². The molecule has 0 spiro atoms. The molecule has 0 amide bonds. The van der Waals surface area contributed by atoms with Gasteiger partial charge in [-0.2, -0.15) is 0 Å². The first-order chi connectivity index (χ1) is 4.79. The number of rotatable bonds is 2. The van der Waals surface area contributed by atoms with Crippen molar-refractivity contribution < 1.29 is 0 Å². The number of benzene rings is 1. The van der Waals surface area contributed by atoms with E-state index < -0.39 is 0 Å². The van der Waals surface area contributed by atoms with E-state index in [4.69, 9.17) is 0 Å². The first-order valence-corrected chi connectivity index (χ1v) is 9.15. The Morgan fingerprint density at radius 2 is 1.70 bits per heavy atom. The van der Waals surface area contributed by atoms with E-state index in [9.17, 15) is 0 Å². The third kappa shape index (κ3) is 2.69. The van der Waals surface area contributed by atoms with Crippen LogP contribution in [0.1, 0.15) is 0 Å². The summed E-state index contributed by atoms with van der Waals surface area (Å²) < 4.78 is 1.55. The zero-order valence-corrected chi connectivity index (χ0v) is 9.01. The van der Waals surface area contributed by atoms with Crippen molar-refractivity contribution in [1.82, 2.24) is 0 Å². The van der Waals surface area contributed by atoms with Crippen molar-refractivity contribution in [3.8, 4) is 0 Å². The average molecular weight is 214 g/mol. The number of hydrogen-bond donors (Lipinski definition) is 0. The molecule has 1 aromatic carbocycles. The van der Waals surface area contributed by atoms with E-state index >= 15 is 0 Å². The van der Waals surface area contributed by atoms with Gasteiger partial charge in [0.05, 0.1) is 0 Å². The Morgan fingerprint density at radius 1 is 1.10 bits per heavy atom. The van der Waals surface area contributed by atoms with Crippen LogP contribution in [0.2, 0.25) is 13.1 Å². The van der Waals surface area contributed by atoms with Gasteiger partial charge < -0.3 is 0 Å². The van der Waals surface area contributed by atoms with Crippen LogP contribution in [0.4, 0.5) is 0 Å². The summed E-state index contributed by atoms with van der Waals surface area (Å²) in [7, 11) is -0.0245. The summed E-state index contributed by atoms with van der Waals surface area (Å²) in [6.07, 6.45) is 0. The molecular weight excluding hydrogens is 203 g/mol. The van der Waals surface area contributed by atoms with Gasteiger partial charge in [-0.15, -0.1) is 0 Å². The van der Waals surface area contributed by atoms with Gasteiger partial charge in [0.1, 0.15) is 0 Å². The average Bonchev–Trinajstić information content (AvgIpc) is 1.88. The summed E-state index contributed by atoms with van der Waals surface area (Å²) in [6, 6.07) is 10.8. The Balaban J connectivity index is 2.59. The first kappa shape index (κ1) is 8.06. The van der Waals surface area contributed by atoms with Crippen LogP contribution in [-0.2, 0) is 0 Å². The molecule has 53 valence electrons. The normalized spacial score (nSPS) is 10.3. The van der Waals surface area contributed by atoms with Gasteiger partial charge in [-0.3, -0.25) is 0 Å². The van der Waals surface area contributed by atoms with Crippen molar-refractivity contribution in [1.29, 1.82) is 0 Å². The van der Waals surface area contributed by atoms with Gasteiger partial charge in [-0.25, -0.2) is 0 Å². The van der Waals surface area contributed by atoms with Gasteiger partial charge in [0, 0.05) is 0 Å². The fraction of sp³-hybridized carbons (Fsp3) is 0.250. The summed E-state index contributed by atoms with van der Waals surface area (Å²) in [5.41, 5.74) is 0.